The third-order valence-corrected chi connectivity index (χ3v) is 5.51. The normalized spacial score (nSPS) is 23.1. The zero-order valence-corrected chi connectivity index (χ0v) is 19.8. The SMILES string of the molecule is CC.CC.CCC.CCC1CCC(N2CCC(n3cc(C)cn3)CC2)CC1. The predicted octanol–water partition coefficient (Wildman–Crippen LogP) is 7.27. The lowest BCUT2D eigenvalue weighted by atomic mass is 9.83. The summed E-state index contributed by atoms with van der Waals surface area (Å²) in [5, 5.41) is 4.50. The number of piperidine rings is 1. The molecule has 160 valence electrons. The number of hydrogen-bond acceptors (Lipinski definition) is 2. The summed E-state index contributed by atoms with van der Waals surface area (Å²) in [6.45, 7) is 19.3. The molecule has 1 aliphatic carbocycles. The molecule has 0 bridgehead atoms. The van der Waals surface area contributed by atoms with Gasteiger partial charge in [0, 0.05) is 25.3 Å². The highest BCUT2D eigenvalue weighted by atomic mass is 15.3. The van der Waals surface area contributed by atoms with Gasteiger partial charge in [-0.3, -0.25) is 4.68 Å². The van der Waals surface area contributed by atoms with Crippen LogP contribution in [0, 0.1) is 12.8 Å². The number of likely N-dealkylation sites (tertiary alicyclic amines) is 1. The van der Waals surface area contributed by atoms with Crippen LogP contribution in [0.1, 0.15) is 111 Å². The van der Waals surface area contributed by atoms with E-state index in [-0.39, 0.29) is 0 Å². The Hall–Kier alpha value is -0.830. The zero-order valence-electron chi connectivity index (χ0n) is 19.8. The first-order valence-electron chi connectivity index (χ1n) is 11.9. The highest BCUT2D eigenvalue weighted by Crippen LogP contribution is 2.32. The van der Waals surface area contributed by atoms with Gasteiger partial charge in [0.05, 0.1) is 12.2 Å². The van der Waals surface area contributed by atoms with Crippen molar-refractivity contribution in [1.82, 2.24) is 14.7 Å². The first-order valence-corrected chi connectivity index (χ1v) is 11.9. The molecule has 0 radical (unpaired) electrons. The minimum Gasteiger partial charge on any atom is -0.300 e. The van der Waals surface area contributed by atoms with E-state index in [0.29, 0.717) is 6.04 Å². The minimum atomic E-state index is 0.631. The number of aryl methyl sites for hydroxylation is 1. The van der Waals surface area contributed by atoms with E-state index in [4.69, 9.17) is 0 Å². The maximum Gasteiger partial charge on any atom is 0.0543 e. The molecule has 0 N–H and O–H groups in total. The Balaban J connectivity index is 0.000000860. The molecule has 1 saturated carbocycles. The van der Waals surface area contributed by atoms with E-state index in [1.807, 2.05) is 33.9 Å². The van der Waals surface area contributed by atoms with Crippen molar-refractivity contribution in [3.63, 3.8) is 0 Å². The molecule has 1 aliphatic heterocycles. The second-order valence-electron chi connectivity index (χ2n) is 7.55. The molecule has 1 aromatic heterocycles. The largest absolute Gasteiger partial charge is 0.300 e. The first kappa shape index (κ1) is 26.2. The van der Waals surface area contributed by atoms with Gasteiger partial charge in [0.15, 0.2) is 0 Å². The van der Waals surface area contributed by atoms with E-state index in [0.717, 1.165) is 12.0 Å². The molecule has 2 fully saturated rings. The van der Waals surface area contributed by atoms with Crippen LogP contribution in [0.4, 0.5) is 0 Å². The highest BCUT2D eigenvalue weighted by molar-refractivity contribution is 5.01. The topological polar surface area (TPSA) is 21.1 Å². The van der Waals surface area contributed by atoms with Crippen LogP contribution >= 0.6 is 0 Å². The molecule has 0 atom stereocenters. The van der Waals surface area contributed by atoms with Crippen molar-refractivity contribution >= 4 is 0 Å². The Morgan fingerprint density at radius 1 is 0.852 bits per heavy atom. The maximum absolute atomic E-state index is 4.50. The van der Waals surface area contributed by atoms with Gasteiger partial charge in [0.1, 0.15) is 0 Å². The average Bonchev–Trinajstić information content (AvgIpc) is 3.18. The van der Waals surface area contributed by atoms with Crippen LogP contribution in [0.25, 0.3) is 0 Å². The summed E-state index contributed by atoms with van der Waals surface area (Å²) in [6.07, 6.45) is 15.1. The summed E-state index contributed by atoms with van der Waals surface area (Å²) in [7, 11) is 0. The number of aromatic nitrogens is 2. The monoisotopic (exact) mass is 379 g/mol. The van der Waals surface area contributed by atoms with E-state index in [1.54, 1.807) is 0 Å². The van der Waals surface area contributed by atoms with Crippen LogP contribution in [0.15, 0.2) is 12.4 Å². The maximum atomic E-state index is 4.50. The Bertz CT molecular complexity index is 425. The average molecular weight is 380 g/mol. The lowest BCUT2D eigenvalue weighted by Crippen LogP contribution is -2.43. The van der Waals surface area contributed by atoms with Gasteiger partial charge in [-0.15, -0.1) is 0 Å². The molecule has 1 saturated heterocycles. The molecule has 3 nitrogen and oxygen atoms in total. The predicted molar refractivity (Wildman–Crippen MR) is 122 cm³/mol. The van der Waals surface area contributed by atoms with Crippen LogP contribution in [0.2, 0.25) is 0 Å². The molecule has 0 amide bonds. The Labute approximate surface area is 170 Å². The summed E-state index contributed by atoms with van der Waals surface area (Å²) >= 11 is 0. The lowest BCUT2D eigenvalue weighted by molar-refractivity contribution is 0.0932. The van der Waals surface area contributed by atoms with Gasteiger partial charge in [-0.1, -0.05) is 61.3 Å². The molecule has 3 rings (SSSR count). The van der Waals surface area contributed by atoms with Gasteiger partial charge in [-0.25, -0.2) is 0 Å². The van der Waals surface area contributed by atoms with Crippen molar-refractivity contribution in [2.75, 3.05) is 13.1 Å². The van der Waals surface area contributed by atoms with E-state index in [9.17, 15) is 0 Å². The van der Waals surface area contributed by atoms with Crippen LogP contribution in [-0.4, -0.2) is 33.8 Å². The fourth-order valence-corrected chi connectivity index (χ4v) is 4.07. The molecular weight excluding hydrogens is 330 g/mol. The summed E-state index contributed by atoms with van der Waals surface area (Å²) in [5.74, 6) is 1.01. The number of nitrogens with zero attached hydrogens (tertiary/aromatic N) is 3. The lowest BCUT2D eigenvalue weighted by Gasteiger charge is -2.40. The van der Waals surface area contributed by atoms with E-state index in [2.05, 4.69) is 48.6 Å². The fraction of sp³-hybridized carbons (Fsp3) is 0.875. The van der Waals surface area contributed by atoms with Crippen molar-refractivity contribution in [2.24, 2.45) is 5.92 Å². The van der Waals surface area contributed by atoms with Crippen LogP contribution < -0.4 is 0 Å². The van der Waals surface area contributed by atoms with Crippen molar-refractivity contribution in [3.05, 3.63) is 18.0 Å². The summed E-state index contributed by atoms with van der Waals surface area (Å²) < 4.78 is 2.20. The number of hydrogen-bond donors (Lipinski definition) is 0. The molecule has 0 spiro atoms. The van der Waals surface area contributed by atoms with Gasteiger partial charge >= 0.3 is 0 Å². The molecular formula is C24H49N3. The van der Waals surface area contributed by atoms with Crippen molar-refractivity contribution in [2.45, 2.75) is 119 Å². The quantitative estimate of drug-likeness (QED) is 0.550. The van der Waals surface area contributed by atoms with E-state index < -0.39 is 0 Å². The second kappa shape index (κ2) is 16.2. The molecule has 1 aromatic rings. The van der Waals surface area contributed by atoms with E-state index >= 15 is 0 Å². The Morgan fingerprint density at radius 2 is 1.37 bits per heavy atom. The first-order chi connectivity index (χ1) is 13.2. The third-order valence-electron chi connectivity index (χ3n) is 5.51. The Kier molecular flexibility index (Phi) is 15.7. The van der Waals surface area contributed by atoms with Gasteiger partial charge in [-0.2, -0.15) is 5.10 Å². The van der Waals surface area contributed by atoms with Gasteiger partial charge in [0.25, 0.3) is 0 Å². The van der Waals surface area contributed by atoms with Crippen molar-refractivity contribution in [3.8, 4) is 0 Å². The molecule has 27 heavy (non-hydrogen) atoms. The number of rotatable bonds is 3. The summed E-state index contributed by atoms with van der Waals surface area (Å²) in [4.78, 5) is 2.76. The van der Waals surface area contributed by atoms with Crippen molar-refractivity contribution in [1.29, 1.82) is 0 Å². The Morgan fingerprint density at radius 3 is 1.78 bits per heavy atom. The second-order valence-corrected chi connectivity index (χ2v) is 7.55. The van der Waals surface area contributed by atoms with Crippen LogP contribution in [0.3, 0.4) is 0 Å². The van der Waals surface area contributed by atoms with Gasteiger partial charge < -0.3 is 4.90 Å². The standard InChI is InChI=1S/C17H29N3.C3H8.2C2H6/c1-3-15-4-6-16(7-5-15)19-10-8-17(9-11-19)20-13-14(2)12-18-20;1-3-2;2*1-2/h12-13,15-17H,3-11H2,1-2H3;3H2,1-2H3;2*1-2H3. The van der Waals surface area contributed by atoms with Gasteiger partial charge in [0.2, 0.25) is 0 Å². The molecule has 2 heterocycles. The molecule has 3 heteroatoms. The van der Waals surface area contributed by atoms with E-state index in [1.165, 1.54) is 70.0 Å². The van der Waals surface area contributed by atoms with Crippen molar-refractivity contribution < 1.29 is 0 Å². The summed E-state index contributed by atoms with van der Waals surface area (Å²) in [5.41, 5.74) is 1.28. The summed E-state index contributed by atoms with van der Waals surface area (Å²) in [6, 6.07) is 1.50. The van der Waals surface area contributed by atoms with Gasteiger partial charge in [-0.05, 0) is 56.9 Å². The third kappa shape index (κ3) is 9.27. The van der Waals surface area contributed by atoms with Crippen LogP contribution in [0.5, 0.6) is 0 Å². The molecule has 0 unspecified atom stereocenters. The highest BCUT2D eigenvalue weighted by Gasteiger charge is 2.29. The molecule has 0 aromatic carbocycles. The smallest absolute Gasteiger partial charge is 0.0543 e. The zero-order chi connectivity index (χ0) is 20.7. The van der Waals surface area contributed by atoms with Crippen LogP contribution in [-0.2, 0) is 0 Å². The molecule has 2 aliphatic rings. The fourth-order valence-electron chi connectivity index (χ4n) is 4.07. The minimum absolute atomic E-state index is 0.631.